The number of amides is 1. The zero-order valence-corrected chi connectivity index (χ0v) is 17.7. The molecule has 0 saturated heterocycles. The van der Waals surface area contributed by atoms with Crippen LogP contribution in [0.4, 0.5) is 5.69 Å². The molecule has 1 heterocycles. The summed E-state index contributed by atoms with van der Waals surface area (Å²) in [7, 11) is 0. The summed E-state index contributed by atoms with van der Waals surface area (Å²) < 4.78 is 0. The van der Waals surface area contributed by atoms with Crippen LogP contribution < -0.4 is 5.32 Å². The monoisotopic (exact) mass is 410 g/mol. The number of rotatable bonds is 5. The number of anilines is 1. The molecule has 0 aliphatic heterocycles. The van der Waals surface area contributed by atoms with E-state index in [0.717, 1.165) is 21.7 Å². The van der Waals surface area contributed by atoms with E-state index in [1.807, 2.05) is 30.3 Å². The van der Waals surface area contributed by atoms with Gasteiger partial charge in [-0.2, -0.15) is 0 Å². The fourth-order valence-electron chi connectivity index (χ4n) is 3.19. The summed E-state index contributed by atoms with van der Waals surface area (Å²) in [6.07, 6.45) is 1.62. The molecular weight excluding hydrogens is 388 g/mol. The van der Waals surface area contributed by atoms with Crippen LogP contribution in [-0.4, -0.2) is 10.9 Å². The van der Waals surface area contributed by atoms with E-state index in [2.05, 4.69) is 66.6 Å². The molecule has 0 unspecified atom stereocenters. The molecule has 0 aliphatic carbocycles. The molecule has 3 aromatic carbocycles. The Labute approximate surface area is 181 Å². The fourth-order valence-corrected chi connectivity index (χ4v) is 4.13. The average molecular weight is 411 g/mol. The molecule has 1 amide bonds. The molecule has 4 aromatic rings. The molecule has 0 radical (unpaired) electrons. The van der Waals surface area contributed by atoms with E-state index in [-0.39, 0.29) is 5.91 Å². The molecular formula is C26H22N2OS. The first-order valence-electron chi connectivity index (χ1n) is 9.77. The van der Waals surface area contributed by atoms with Crippen molar-refractivity contribution in [2.75, 3.05) is 5.32 Å². The normalized spacial score (nSPS) is 10.6. The van der Waals surface area contributed by atoms with Gasteiger partial charge in [0, 0.05) is 27.2 Å². The van der Waals surface area contributed by atoms with E-state index >= 15 is 0 Å². The Hall–Kier alpha value is -3.37. The van der Waals surface area contributed by atoms with Crippen molar-refractivity contribution in [1.82, 2.24) is 4.98 Å². The second kappa shape index (κ2) is 8.97. The molecule has 0 saturated carbocycles. The van der Waals surface area contributed by atoms with Gasteiger partial charge in [0.2, 0.25) is 0 Å². The highest BCUT2D eigenvalue weighted by Crippen LogP contribution is 2.39. The predicted molar refractivity (Wildman–Crippen MR) is 124 cm³/mol. The molecule has 148 valence electrons. The van der Waals surface area contributed by atoms with Crippen LogP contribution in [-0.2, 0) is 0 Å². The maximum Gasteiger partial charge on any atom is 0.274 e. The first-order valence-corrected chi connectivity index (χ1v) is 10.6. The topological polar surface area (TPSA) is 42.0 Å². The first-order chi connectivity index (χ1) is 14.6. The van der Waals surface area contributed by atoms with Gasteiger partial charge >= 0.3 is 0 Å². The fraction of sp³-hybridized carbons (Fsp3) is 0.0769. The minimum absolute atomic E-state index is 0.219. The molecule has 4 heteroatoms. The molecule has 0 atom stereocenters. The minimum Gasteiger partial charge on any atom is -0.320 e. The van der Waals surface area contributed by atoms with E-state index < -0.39 is 0 Å². The maximum absolute atomic E-state index is 12.7. The zero-order chi connectivity index (χ0) is 20.9. The SMILES string of the molecule is Cc1ccc(Sc2ccc(C)cc2-c2ccccc2NC(=O)c2ccccn2)cc1. The van der Waals surface area contributed by atoms with Gasteiger partial charge in [-0.05, 0) is 55.8 Å². The predicted octanol–water partition coefficient (Wildman–Crippen LogP) is 6.77. The summed E-state index contributed by atoms with van der Waals surface area (Å²) in [5.41, 5.74) is 5.66. The number of aromatic nitrogens is 1. The molecule has 30 heavy (non-hydrogen) atoms. The summed E-state index contributed by atoms with van der Waals surface area (Å²) in [6, 6.07) is 28.2. The van der Waals surface area contributed by atoms with Gasteiger partial charge in [-0.1, -0.05) is 71.4 Å². The highest BCUT2D eigenvalue weighted by atomic mass is 32.2. The quantitative estimate of drug-likeness (QED) is 0.395. The summed E-state index contributed by atoms with van der Waals surface area (Å²) >= 11 is 1.73. The van der Waals surface area contributed by atoms with Crippen LogP contribution in [0.2, 0.25) is 0 Å². The number of nitrogens with one attached hydrogen (secondary N) is 1. The molecule has 0 bridgehead atoms. The lowest BCUT2D eigenvalue weighted by Crippen LogP contribution is -2.14. The van der Waals surface area contributed by atoms with Crippen LogP contribution in [0.5, 0.6) is 0 Å². The van der Waals surface area contributed by atoms with Crippen LogP contribution in [0.1, 0.15) is 21.6 Å². The lowest BCUT2D eigenvalue weighted by molar-refractivity contribution is 0.102. The minimum atomic E-state index is -0.219. The number of benzene rings is 3. The number of hydrogen-bond donors (Lipinski definition) is 1. The number of para-hydroxylation sites is 1. The van der Waals surface area contributed by atoms with Gasteiger partial charge in [-0.25, -0.2) is 0 Å². The Morgan fingerprint density at radius 1 is 0.800 bits per heavy atom. The van der Waals surface area contributed by atoms with E-state index in [1.54, 1.807) is 30.1 Å². The van der Waals surface area contributed by atoms with E-state index in [4.69, 9.17) is 0 Å². The highest BCUT2D eigenvalue weighted by molar-refractivity contribution is 7.99. The maximum atomic E-state index is 12.7. The van der Waals surface area contributed by atoms with E-state index in [9.17, 15) is 4.79 Å². The van der Waals surface area contributed by atoms with Crippen molar-refractivity contribution in [2.24, 2.45) is 0 Å². The van der Waals surface area contributed by atoms with Gasteiger partial charge in [0.05, 0.1) is 0 Å². The summed E-state index contributed by atoms with van der Waals surface area (Å²) in [5.74, 6) is -0.219. The van der Waals surface area contributed by atoms with Crippen LogP contribution in [0, 0.1) is 13.8 Å². The smallest absolute Gasteiger partial charge is 0.274 e. The van der Waals surface area contributed by atoms with Crippen molar-refractivity contribution in [3.05, 3.63) is 108 Å². The van der Waals surface area contributed by atoms with Gasteiger partial charge in [0.1, 0.15) is 5.69 Å². The summed E-state index contributed by atoms with van der Waals surface area (Å²) in [6.45, 7) is 4.17. The van der Waals surface area contributed by atoms with Crippen LogP contribution in [0.25, 0.3) is 11.1 Å². The van der Waals surface area contributed by atoms with E-state index in [1.165, 1.54) is 16.0 Å². The van der Waals surface area contributed by atoms with Gasteiger partial charge in [-0.15, -0.1) is 0 Å². The van der Waals surface area contributed by atoms with Gasteiger partial charge in [-0.3, -0.25) is 9.78 Å². The third-order valence-corrected chi connectivity index (χ3v) is 5.83. The first kappa shape index (κ1) is 19.9. The van der Waals surface area contributed by atoms with Gasteiger partial charge in [0.15, 0.2) is 0 Å². The molecule has 1 N–H and O–H groups in total. The van der Waals surface area contributed by atoms with E-state index in [0.29, 0.717) is 5.69 Å². The Balaban J connectivity index is 1.71. The zero-order valence-electron chi connectivity index (χ0n) is 16.9. The number of carbonyl (C=O) groups excluding carboxylic acids is 1. The molecule has 0 aliphatic rings. The van der Waals surface area contributed by atoms with Crippen molar-refractivity contribution in [3.8, 4) is 11.1 Å². The van der Waals surface area contributed by atoms with Crippen molar-refractivity contribution >= 4 is 23.4 Å². The molecule has 0 spiro atoms. The van der Waals surface area contributed by atoms with Crippen molar-refractivity contribution in [3.63, 3.8) is 0 Å². The van der Waals surface area contributed by atoms with Crippen LogP contribution in [0.3, 0.4) is 0 Å². The van der Waals surface area contributed by atoms with Gasteiger partial charge in [0.25, 0.3) is 5.91 Å². The Morgan fingerprint density at radius 2 is 1.53 bits per heavy atom. The summed E-state index contributed by atoms with van der Waals surface area (Å²) in [4.78, 5) is 19.2. The summed E-state index contributed by atoms with van der Waals surface area (Å²) in [5, 5.41) is 3.03. The average Bonchev–Trinajstić information content (AvgIpc) is 2.77. The highest BCUT2D eigenvalue weighted by Gasteiger charge is 2.14. The second-order valence-corrected chi connectivity index (χ2v) is 8.24. The number of nitrogens with zero attached hydrogens (tertiary/aromatic N) is 1. The molecule has 4 rings (SSSR count). The molecule has 0 fully saturated rings. The second-order valence-electron chi connectivity index (χ2n) is 7.13. The molecule has 1 aromatic heterocycles. The van der Waals surface area contributed by atoms with Crippen LogP contribution >= 0.6 is 11.8 Å². The number of carbonyl (C=O) groups is 1. The third kappa shape index (κ3) is 4.61. The third-order valence-electron chi connectivity index (χ3n) is 4.75. The lowest BCUT2D eigenvalue weighted by atomic mass is 10.0. The van der Waals surface area contributed by atoms with Crippen LogP contribution in [0.15, 0.2) is 101 Å². The Morgan fingerprint density at radius 3 is 2.30 bits per heavy atom. The Kier molecular flexibility index (Phi) is 5.96. The van der Waals surface area contributed by atoms with Gasteiger partial charge < -0.3 is 5.32 Å². The Bertz CT molecular complexity index is 1170. The standard InChI is InChI=1S/C26H22N2OS/c1-18-10-13-20(14-11-18)30-25-15-12-19(2)17-22(25)21-7-3-4-8-23(21)28-26(29)24-9-5-6-16-27-24/h3-17H,1-2H3,(H,28,29). The largest absolute Gasteiger partial charge is 0.320 e. The number of hydrogen-bond acceptors (Lipinski definition) is 3. The lowest BCUT2D eigenvalue weighted by Gasteiger charge is -2.15. The molecule has 3 nitrogen and oxygen atoms in total. The van der Waals surface area contributed by atoms with Crippen molar-refractivity contribution in [1.29, 1.82) is 0 Å². The van der Waals surface area contributed by atoms with Crippen molar-refractivity contribution in [2.45, 2.75) is 23.6 Å². The van der Waals surface area contributed by atoms with Crippen molar-refractivity contribution < 1.29 is 4.79 Å². The number of pyridine rings is 1. The number of aryl methyl sites for hydroxylation is 2.